The van der Waals surface area contributed by atoms with Crippen molar-refractivity contribution in [2.24, 2.45) is 0 Å². The van der Waals surface area contributed by atoms with Crippen LogP contribution in [-0.4, -0.2) is 38.0 Å². The molecule has 110 valence electrons. The number of halogens is 1. The van der Waals surface area contributed by atoms with Crippen LogP contribution >= 0.6 is 0 Å². The number of aliphatic hydroxyl groups is 1. The number of ether oxygens (including phenoxy) is 1. The molecule has 5 nitrogen and oxygen atoms in total. The standard InChI is InChI=1S/C13H15FO5S/c1-2-19-12(15)11(14)13(16)7-8-20(17,18)10-6-4-3-5-9(10)13/h3-6,11,16H,2,7-8H2,1H3. The number of hydrogen-bond acceptors (Lipinski definition) is 5. The predicted octanol–water partition coefficient (Wildman–Crippen LogP) is 0.953. The van der Waals surface area contributed by atoms with Gasteiger partial charge in [0.05, 0.1) is 17.3 Å². The van der Waals surface area contributed by atoms with Crippen LogP contribution < -0.4 is 0 Å². The maximum atomic E-state index is 14.3. The maximum Gasteiger partial charge on any atom is 0.344 e. The van der Waals surface area contributed by atoms with E-state index < -0.39 is 33.3 Å². The Balaban J connectivity index is 2.51. The Morgan fingerprint density at radius 1 is 1.50 bits per heavy atom. The normalized spacial score (nSPS) is 25.6. The van der Waals surface area contributed by atoms with Crippen LogP contribution in [0.2, 0.25) is 0 Å². The largest absolute Gasteiger partial charge is 0.464 e. The van der Waals surface area contributed by atoms with Gasteiger partial charge in [-0.25, -0.2) is 17.6 Å². The third kappa shape index (κ3) is 2.31. The van der Waals surface area contributed by atoms with Crippen LogP contribution in [0.4, 0.5) is 4.39 Å². The minimum Gasteiger partial charge on any atom is -0.464 e. The molecule has 0 radical (unpaired) electrons. The molecular weight excluding hydrogens is 287 g/mol. The van der Waals surface area contributed by atoms with Crippen LogP contribution in [0.5, 0.6) is 0 Å². The lowest BCUT2D eigenvalue weighted by atomic mass is 9.86. The second-order valence-corrected chi connectivity index (χ2v) is 6.68. The molecule has 0 fully saturated rings. The van der Waals surface area contributed by atoms with Gasteiger partial charge in [-0.3, -0.25) is 0 Å². The zero-order valence-electron chi connectivity index (χ0n) is 10.9. The lowest BCUT2D eigenvalue weighted by Gasteiger charge is -2.35. The topological polar surface area (TPSA) is 80.7 Å². The SMILES string of the molecule is CCOC(=O)C(F)C1(O)CCS(=O)(=O)c2ccccc21. The molecule has 0 saturated carbocycles. The Labute approximate surface area is 116 Å². The third-order valence-electron chi connectivity index (χ3n) is 3.35. The molecule has 1 N–H and O–H groups in total. The molecule has 0 saturated heterocycles. The number of carbonyl (C=O) groups excluding carboxylic acids is 1. The first-order valence-corrected chi connectivity index (χ1v) is 7.83. The van der Waals surface area contributed by atoms with Crippen LogP contribution in [0.25, 0.3) is 0 Å². The molecule has 20 heavy (non-hydrogen) atoms. The fourth-order valence-corrected chi connectivity index (χ4v) is 3.97. The van der Waals surface area contributed by atoms with Gasteiger partial charge in [0, 0.05) is 5.56 Å². The number of rotatable bonds is 3. The zero-order chi connectivity index (χ0) is 15.0. The van der Waals surface area contributed by atoms with Crippen molar-refractivity contribution in [1.82, 2.24) is 0 Å². The molecule has 1 aliphatic rings. The Morgan fingerprint density at radius 2 is 2.15 bits per heavy atom. The average Bonchev–Trinajstić information content (AvgIpc) is 2.43. The van der Waals surface area contributed by atoms with E-state index in [1.54, 1.807) is 0 Å². The highest BCUT2D eigenvalue weighted by atomic mass is 32.2. The van der Waals surface area contributed by atoms with E-state index >= 15 is 0 Å². The molecule has 0 aliphatic carbocycles. The number of fused-ring (bicyclic) bond motifs is 1. The molecule has 1 aromatic carbocycles. The Kier molecular flexibility index (Phi) is 3.84. The summed E-state index contributed by atoms with van der Waals surface area (Å²) < 4.78 is 42.7. The molecule has 0 bridgehead atoms. The van der Waals surface area contributed by atoms with E-state index in [-0.39, 0.29) is 23.5 Å². The number of hydrogen-bond donors (Lipinski definition) is 1. The molecular formula is C13H15FO5S. The minimum atomic E-state index is -3.56. The Hall–Kier alpha value is -1.47. The summed E-state index contributed by atoms with van der Waals surface area (Å²) in [5, 5.41) is 10.5. The molecule has 0 spiro atoms. The first-order valence-electron chi connectivity index (χ1n) is 6.18. The van der Waals surface area contributed by atoms with Crippen LogP contribution in [0, 0.1) is 0 Å². The van der Waals surface area contributed by atoms with Crippen LogP contribution in [0.1, 0.15) is 18.9 Å². The van der Waals surface area contributed by atoms with E-state index in [1.807, 2.05) is 0 Å². The van der Waals surface area contributed by atoms with Crippen LogP contribution in [0.15, 0.2) is 29.2 Å². The second kappa shape index (κ2) is 5.14. The molecule has 2 atom stereocenters. The predicted molar refractivity (Wildman–Crippen MR) is 68.5 cm³/mol. The maximum absolute atomic E-state index is 14.3. The van der Waals surface area contributed by atoms with Crippen molar-refractivity contribution in [3.05, 3.63) is 29.8 Å². The zero-order valence-corrected chi connectivity index (χ0v) is 11.7. The highest BCUT2D eigenvalue weighted by molar-refractivity contribution is 7.91. The van der Waals surface area contributed by atoms with E-state index in [2.05, 4.69) is 4.74 Å². The number of esters is 1. The molecule has 2 unspecified atom stereocenters. The summed E-state index contributed by atoms with van der Waals surface area (Å²) in [5.74, 6) is -1.61. The van der Waals surface area contributed by atoms with Gasteiger partial charge in [0.2, 0.25) is 6.17 Å². The lowest BCUT2D eigenvalue weighted by Crippen LogP contribution is -2.47. The summed E-state index contributed by atoms with van der Waals surface area (Å²) in [5.41, 5.74) is -2.26. The van der Waals surface area contributed by atoms with E-state index in [1.165, 1.54) is 31.2 Å². The molecule has 0 aromatic heterocycles. The van der Waals surface area contributed by atoms with Gasteiger partial charge in [-0.05, 0) is 19.4 Å². The fraction of sp³-hybridized carbons (Fsp3) is 0.462. The van der Waals surface area contributed by atoms with Gasteiger partial charge < -0.3 is 9.84 Å². The average molecular weight is 302 g/mol. The summed E-state index contributed by atoms with van der Waals surface area (Å²) in [4.78, 5) is 11.4. The number of carbonyl (C=O) groups is 1. The number of sulfone groups is 1. The Bertz CT molecular complexity index is 627. The Morgan fingerprint density at radius 3 is 2.80 bits per heavy atom. The van der Waals surface area contributed by atoms with Gasteiger partial charge in [0.15, 0.2) is 9.84 Å². The van der Waals surface area contributed by atoms with Gasteiger partial charge in [0.1, 0.15) is 5.60 Å². The van der Waals surface area contributed by atoms with Crippen molar-refractivity contribution in [2.75, 3.05) is 12.4 Å². The summed E-state index contributed by atoms with van der Waals surface area (Å²) in [6.45, 7) is 1.50. The fourth-order valence-electron chi connectivity index (χ4n) is 2.30. The van der Waals surface area contributed by atoms with E-state index in [0.29, 0.717) is 0 Å². The van der Waals surface area contributed by atoms with Crippen LogP contribution in [0.3, 0.4) is 0 Å². The highest BCUT2D eigenvalue weighted by Gasteiger charge is 2.50. The van der Waals surface area contributed by atoms with Crippen molar-refractivity contribution in [1.29, 1.82) is 0 Å². The van der Waals surface area contributed by atoms with Crippen molar-refractivity contribution in [3.63, 3.8) is 0 Å². The summed E-state index contributed by atoms with van der Waals surface area (Å²) in [6, 6.07) is 5.59. The van der Waals surface area contributed by atoms with Crippen molar-refractivity contribution in [2.45, 2.75) is 30.0 Å². The summed E-state index contributed by atoms with van der Waals surface area (Å²) in [6.07, 6.45) is -2.70. The quantitative estimate of drug-likeness (QED) is 0.841. The van der Waals surface area contributed by atoms with Gasteiger partial charge in [0.25, 0.3) is 0 Å². The van der Waals surface area contributed by atoms with Crippen molar-refractivity contribution >= 4 is 15.8 Å². The first kappa shape index (κ1) is 14.9. The smallest absolute Gasteiger partial charge is 0.344 e. The van der Waals surface area contributed by atoms with Crippen molar-refractivity contribution < 1.29 is 27.4 Å². The lowest BCUT2D eigenvalue weighted by molar-refractivity contribution is -0.162. The molecule has 7 heteroatoms. The van der Waals surface area contributed by atoms with Crippen molar-refractivity contribution in [3.8, 4) is 0 Å². The number of alkyl halides is 1. The van der Waals surface area contributed by atoms with E-state index in [4.69, 9.17) is 0 Å². The molecule has 0 amide bonds. The first-order chi connectivity index (χ1) is 9.33. The molecule has 1 aromatic rings. The van der Waals surface area contributed by atoms with Gasteiger partial charge >= 0.3 is 5.97 Å². The van der Waals surface area contributed by atoms with Gasteiger partial charge in [-0.2, -0.15) is 0 Å². The molecule has 2 rings (SSSR count). The van der Waals surface area contributed by atoms with Gasteiger partial charge in [-0.1, -0.05) is 18.2 Å². The van der Waals surface area contributed by atoms with E-state index in [9.17, 15) is 22.7 Å². The molecule has 1 heterocycles. The minimum absolute atomic E-state index is 0.0186. The highest BCUT2D eigenvalue weighted by Crippen LogP contribution is 2.40. The second-order valence-electron chi connectivity index (χ2n) is 4.60. The number of benzene rings is 1. The molecule has 1 aliphatic heterocycles. The monoisotopic (exact) mass is 302 g/mol. The summed E-state index contributed by atoms with van der Waals surface area (Å²) >= 11 is 0. The van der Waals surface area contributed by atoms with E-state index in [0.717, 1.165) is 0 Å². The van der Waals surface area contributed by atoms with Crippen LogP contribution in [-0.2, 0) is 25.0 Å². The summed E-state index contributed by atoms with van der Waals surface area (Å²) in [7, 11) is -3.56. The van der Waals surface area contributed by atoms with Gasteiger partial charge in [-0.15, -0.1) is 0 Å². The third-order valence-corrected chi connectivity index (χ3v) is 5.12.